The first-order chi connectivity index (χ1) is 5.25. The third kappa shape index (κ3) is 2.01. The zero-order valence-electron chi connectivity index (χ0n) is 6.00. The minimum absolute atomic E-state index is 0.0642. The van der Waals surface area contributed by atoms with Crippen LogP contribution < -0.4 is 0 Å². The van der Waals surface area contributed by atoms with E-state index in [1.807, 2.05) is 18.4 Å². The van der Waals surface area contributed by atoms with Crippen LogP contribution in [0.4, 0.5) is 0 Å². The Labute approximate surface area is 77.9 Å². The first-order valence-corrected chi connectivity index (χ1v) is 4.83. The van der Waals surface area contributed by atoms with E-state index >= 15 is 0 Å². The molecule has 3 heteroatoms. The summed E-state index contributed by atoms with van der Waals surface area (Å²) < 4.78 is 0.880. The summed E-state index contributed by atoms with van der Waals surface area (Å²) in [6, 6.07) is 1.88. The maximum absolute atomic E-state index is 11.2. The van der Waals surface area contributed by atoms with Crippen LogP contribution in [0.15, 0.2) is 28.1 Å². The maximum Gasteiger partial charge on any atom is 0.196 e. The van der Waals surface area contributed by atoms with Crippen LogP contribution in [0.5, 0.6) is 0 Å². The fourth-order valence-electron chi connectivity index (χ4n) is 0.697. The van der Waals surface area contributed by atoms with Crippen molar-refractivity contribution >= 4 is 33.0 Å². The van der Waals surface area contributed by atoms with Gasteiger partial charge in [0.2, 0.25) is 0 Å². The van der Waals surface area contributed by atoms with Gasteiger partial charge in [-0.15, -0.1) is 11.3 Å². The quantitative estimate of drug-likeness (QED) is 0.563. The van der Waals surface area contributed by atoms with Crippen molar-refractivity contribution in [1.29, 1.82) is 0 Å². The molecule has 0 aliphatic carbocycles. The van der Waals surface area contributed by atoms with Gasteiger partial charge in [-0.3, -0.25) is 4.79 Å². The second-order valence-corrected chi connectivity index (χ2v) is 3.73. The van der Waals surface area contributed by atoms with Gasteiger partial charge in [0.1, 0.15) is 0 Å². The number of allylic oxidation sites excluding steroid dienone is 2. The van der Waals surface area contributed by atoms with Crippen LogP contribution in [0, 0.1) is 0 Å². The van der Waals surface area contributed by atoms with Gasteiger partial charge >= 0.3 is 0 Å². The minimum Gasteiger partial charge on any atom is -0.288 e. The van der Waals surface area contributed by atoms with Crippen molar-refractivity contribution in [3.8, 4) is 0 Å². The van der Waals surface area contributed by atoms with Crippen molar-refractivity contribution in [1.82, 2.24) is 0 Å². The summed E-state index contributed by atoms with van der Waals surface area (Å²) in [4.78, 5) is 12.0. The highest BCUT2D eigenvalue weighted by atomic mass is 79.9. The van der Waals surface area contributed by atoms with Crippen LogP contribution in [0.2, 0.25) is 0 Å². The summed E-state index contributed by atoms with van der Waals surface area (Å²) in [5, 5.41) is 1.89. The van der Waals surface area contributed by atoms with Gasteiger partial charge in [0.05, 0.1) is 4.88 Å². The number of hydrogen-bond donors (Lipinski definition) is 0. The Morgan fingerprint density at radius 3 is 2.91 bits per heavy atom. The van der Waals surface area contributed by atoms with Crippen molar-refractivity contribution in [2.75, 3.05) is 0 Å². The largest absolute Gasteiger partial charge is 0.288 e. The molecule has 1 aromatic heterocycles. The van der Waals surface area contributed by atoms with Crippen molar-refractivity contribution in [3.63, 3.8) is 0 Å². The molecule has 1 nitrogen and oxygen atoms in total. The first kappa shape index (κ1) is 8.68. The Morgan fingerprint density at radius 2 is 2.45 bits per heavy atom. The highest BCUT2D eigenvalue weighted by Gasteiger charge is 2.06. The van der Waals surface area contributed by atoms with E-state index in [1.54, 1.807) is 12.2 Å². The summed E-state index contributed by atoms with van der Waals surface area (Å²) in [7, 11) is 0. The maximum atomic E-state index is 11.2. The molecule has 11 heavy (non-hydrogen) atoms. The standard InChI is InChI=1S/C8H7BrOS/c1-2-3-7(10)8-6(9)4-5-11-8/h2-5H,1H3. The monoisotopic (exact) mass is 230 g/mol. The number of carbonyl (C=O) groups excluding carboxylic acids is 1. The lowest BCUT2D eigenvalue weighted by atomic mass is 10.3. The average Bonchev–Trinajstić information content (AvgIpc) is 2.36. The molecule has 0 atom stereocenters. The van der Waals surface area contributed by atoms with Crippen LogP contribution in [0.3, 0.4) is 0 Å². The van der Waals surface area contributed by atoms with Crippen LogP contribution in [0.1, 0.15) is 16.6 Å². The smallest absolute Gasteiger partial charge is 0.196 e. The number of carbonyl (C=O) groups is 1. The second-order valence-electron chi connectivity index (χ2n) is 1.96. The molecule has 1 aromatic rings. The van der Waals surface area contributed by atoms with Crippen molar-refractivity contribution < 1.29 is 4.79 Å². The Morgan fingerprint density at radius 1 is 1.73 bits per heavy atom. The fraction of sp³-hybridized carbons (Fsp3) is 0.125. The normalized spacial score (nSPS) is 10.7. The van der Waals surface area contributed by atoms with E-state index in [2.05, 4.69) is 15.9 Å². The summed E-state index contributed by atoms with van der Waals surface area (Å²) >= 11 is 4.74. The van der Waals surface area contributed by atoms with Gasteiger partial charge in [-0.05, 0) is 40.4 Å². The van der Waals surface area contributed by atoms with Gasteiger partial charge in [-0.1, -0.05) is 6.08 Å². The van der Waals surface area contributed by atoms with E-state index in [-0.39, 0.29) is 5.78 Å². The molecule has 1 heterocycles. The Hall–Kier alpha value is -0.410. The predicted molar refractivity (Wildman–Crippen MR) is 51.2 cm³/mol. The van der Waals surface area contributed by atoms with Crippen LogP contribution >= 0.6 is 27.3 Å². The highest BCUT2D eigenvalue weighted by Crippen LogP contribution is 2.23. The molecule has 0 aliphatic heterocycles. The van der Waals surface area contributed by atoms with Gasteiger partial charge in [0.15, 0.2) is 5.78 Å². The number of thiophene rings is 1. The molecular formula is C8H7BrOS. The van der Waals surface area contributed by atoms with E-state index in [9.17, 15) is 4.79 Å². The molecule has 0 unspecified atom stereocenters. The average molecular weight is 231 g/mol. The topological polar surface area (TPSA) is 17.1 Å². The molecule has 0 aliphatic rings. The molecule has 0 radical (unpaired) electrons. The van der Waals surface area contributed by atoms with Crippen LogP contribution in [-0.4, -0.2) is 5.78 Å². The lowest BCUT2D eigenvalue weighted by molar-refractivity contribution is 0.105. The zero-order chi connectivity index (χ0) is 8.27. The molecule has 58 valence electrons. The van der Waals surface area contributed by atoms with E-state index in [0.717, 1.165) is 9.35 Å². The van der Waals surface area contributed by atoms with E-state index in [1.165, 1.54) is 11.3 Å². The van der Waals surface area contributed by atoms with Crippen LogP contribution in [0.25, 0.3) is 0 Å². The third-order valence-electron chi connectivity index (χ3n) is 1.16. The molecule has 0 spiro atoms. The van der Waals surface area contributed by atoms with Gasteiger partial charge < -0.3 is 0 Å². The molecule has 1 rings (SSSR count). The molecule has 0 fully saturated rings. The second kappa shape index (κ2) is 3.83. The molecule has 0 saturated heterocycles. The lowest BCUT2D eigenvalue weighted by Crippen LogP contribution is -1.89. The number of halogens is 1. The SMILES string of the molecule is CC=CC(=O)c1sccc1Br. The Bertz CT molecular complexity index is 288. The van der Waals surface area contributed by atoms with Crippen molar-refractivity contribution in [3.05, 3.63) is 32.9 Å². The molecule has 0 saturated carbocycles. The molecule has 0 N–H and O–H groups in total. The van der Waals surface area contributed by atoms with E-state index < -0.39 is 0 Å². The van der Waals surface area contributed by atoms with Crippen molar-refractivity contribution in [2.24, 2.45) is 0 Å². The van der Waals surface area contributed by atoms with Gasteiger partial charge in [-0.25, -0.2) is 0 Å². The number of hydrogen-bond acceptors (Lipinski definition) is 2. The third-order valence-corrected chi connectivity index (χ3v) is 3.01. The van der Waals surface area contributed by atoms with Gasteiger partial charge in [-0.2, -0.15) is 0 Å². The lowest BCUT2D eigenvalue weighted by Gasteiger charge is -1.88. The molecule has 0 aromatic carbocycles. The Kier molecular flexibility index (Phi) is 3.02. The zero-order valence-corrected chi connectivity index (χ0v) is 8.41. The van der Waals surface area contributed by atoms with E-state index in [4.69, 9.17) is 0 Å². The summed E-state index contributed by atoms with van der Waals surface area (Å²) in [5.41, 5.74) is 0. The van der Waals surface area contributed by atoms with Crippen molar-refractivity contribution in [2.45, 2.75) is 6.92 Å². The van der Waals surface area contributed by atoms with Gasteiger partial charge in [0, 0.05) is 4.47 Å². The molecule has 0 amide bonds. The minimum atomic E-state index is 0.0642. The summed E-state index contributed by atoms with van der Waals surface area (Å²) in [6.45, 7) is 1.83. The summed E-state index contributed by atoms with van der Waals surface area (Å²) in [5.74, 6) is 0.0642. The van der Waals surface area contributed by atoms with Gasteiger partial charge in [0.25, 0.3) is 0 Å². The number of rotatable bonds is 2. The van der Waals surface area contributed by atoms with E-state index in [0.29, 0.717) is 0 Å². The fourth-order valence-corrected chi connectivity index (χ4v) is 2.18. The highest BCUT2D eigenvalue weighted by molar-refractivity contribution is 9.10. The molecule has 0 bridgehead atoms. The van der Waals surface area contributed by atoms with Crippen LogP contribution in [-0.2, 0) is 0 Å². The molecular weight excluding hydrogens is 224 g/mol. The predicted octanol–water partition coefficient (Wildman–Crippen LogP) is 3.27. The Balaban J connectivity index is 2.93. The number of ketones is 1. The first-order valence-electron chi connectivity index (χ1n) is 3.15. The summed E-state index contributed by atoms with van der Waals surface area (Å²) in [6.07, 6.45) is 3.31.